The fraction of sp³-hybridized carbons (Fsp3) is 0.391. The predicted octanol–water partition coefficient (Wildman–Crippen LogP) is 5.42. The van der Waals surface area contributed by atoms with E-state index in [2.05, 4.69) is 41.9 Å². The van der Waals surface area contributed by atoms with Crippen LogP contribution in [0.1, 0.15) is 20.8 Å². The van der Waals surface area contributed by atoms with E-state index in [0.29, 0.717) is 29.8 Å². The summed E-state index contributed by atoms with van der Waals surface area (Å²) in [7, 11) is 3.29. The van der Waals surface area contributed by atoms with E-state index in [1.54, 1.807) is 20.4 Å². The summed E-state index contributed by atoms with van der Waals surface area (Å²) in [4.78, 5) is 10.9. The average Bonchev–Trinajstić information content (AvgIpc) is 2.74. The number of halogens is 1. The first kappa shape index (κ1) is 23.4. The van der Waals surface area contributed by atoms with Gasteiger partial charge in [0.25, 0.3) is 0 Å². The number of fused-ring (bicyclic) bond motifs is 1. The Morgan fingerprint density at radius 2 is 1.65 bits per heavy atom. The highest BCUT2D eigenvalue weighted by atomic mass is 35.5. The third-order valence-corrected chi connectivity index (χ3v) is 7.32. The van der Waals surface area contributed by atoms with Crippen LogP contribution in [0.3, 0.4) is 0 Å². The molecule has 0 amide bonds. The van der Waals surface area contributed by atoms with Crippen molar-refractivity contribution in [1.82, 2.24) is 9.97 Å². The number of aromatic nitrogens is 2. The van der Waals surface area contributed by atoms with E-state index >= 15 is 0 Å². The lowest BCUT2D eigenvalue weighted by molar-refractivity contribution is 0.363. The second-order valence-corrected chi connectivity index (χ2v) is 10.7. The lowest BCUT2D eigenvalue weighted by Gasteiger charge is -2.26. The number of ether oxygens (including phenoxy) is 2. The largest absolute Gasteiger partial charge is 0.497 e. The van der Waals surface area contributed by atoms with Crippen molar-refractivity contribution in [3.05, 3.63) is 47.7 Å². The van der Waals surface area contributed by atoms with E-state index in [0.717, 1.165) is 22.4 Å². The minimum atomic E-state index is -0.170. The molecule has 0 saturated carbocycles. The number of rotatable bonds is 8. The maximum absolute atomic E-state index is 6.17. The molecule has 1 atom stereocenters. The van der Waals surface area contributed by atoms with Gasteiger partial charge in [-0.25, -0.2) is 4.98 Å². The van der Waals surface area contributed by atoms with Crippen LogP contribution in [0.25, 0.3) is 11.0 Å². The number of benzene rings is 2. The minimum absolute atomic E-state index is 0.0965. The quantitative estimate of drug-likeness (QED) is 0.417. The van der Waals surface area contributed by atoms with Crippen molar-refractivity contribution in [2.24, 2.45) is 0 Å². The first-order valence-electron chi connectivity index (χ1n) is 9.93. The zero-order valence-corrected chi connectivity index (χ0v) is 20.4. The van der Waals surface area contributed by atoms with Gasteiger partial charge in [-0.3, -0.25) is 4.98 Å². The van der Waals surface area contributed by atoms with Crippen molar-refractivity contribution in [2.75, 3.05) is 38.5 Å². The van der Waals surface area contributed by atoms with Crippen LogP contribution >= 0.6 is 11.6 Å². The van der Waals surface area contributed by atoms with Gasteiger partial charge in [0.15, 0.2) is 4.75 Å². The number of methoxy groups -OCH3 is 2. The Morgan fingerprint density at radius 1 is 0.968 bits per heavy atom. The Labute approximate surface area is 192 Å². The summed E-state index contributed by atoms with van der Waals surface area (Å²) in [6, 6.07) is 11.8. The summed E-state index contributed by atoms with van der Waals surface area (Å²) < 4.78 is 17.2. The summed E-state index contributed by atoms with van der Waals surface area (Å²) in [5.74, 6) is 1.43. The molecule has 0 aliphatic carbocycles. The van der Waals surface area contributed by atoms with Crippen LogP contribution < -0.4 is 14.4 Å². The Kier molecular flexibility index (Phi) is 7.51. The normalized spacial score (nSPS) is 12.6. The Bertz CT molecular complexity index is 1020. The van der Waals surface area contributed by atoms with Gasteiger partial charge in [0, 0.05) is 29.6 Å². The predicted molar refractivity (Wildman–Crippen MR) is 130 cm³/mol. The summed E-state index contributed by atoms with van der Waals surface area (Å²) in [6.45, 7) is 7.77. The molecule has 0 aliphatic rings. The molecule has 0 spiro atoms. The third kappa shape index (κ3) is 5.93. The van der Waals surface area contributed by atoms with Gasteiger partial charge in [-0.15, -0.1) is 0 Å². The molecule has 2 aromatic carbocycles. The van der Waals surface area contributed by atoms with Gasteiger partial charge in [0.2, 0.25) is 0 Å². The Hall–Kier alpha value is -2.22. The van der Waals surface area contributed by atoms with Crippen LogP contribution in [0.15, 0.2) is 42.6 Å². The first-order chi connectivity index (χ1) is 14.7. The monoisotopic (exact) mass is 462 g/mol. The molecule has 0 fully saturated rings. The lowest BCUT2D eigenvalue weighted by Crippen LogP contribution is -2.32. The zero-order valence-electron chi connectivity index (χ0n) is 18.8. The van der Waals surface area contributed by atoms with Crippen LogP contribution in [-0.4, -0.2) is 48.3 Å². The molecular weight excluding hydrogens is 434 g/mol. The molecule has 0 bridgehead atoms. The number of nitrogens with zero attached hydrogens (tertiary/aromatic N) is 3. The topological polar surface area (TPSA) is 56.7 Å². The molecule has 0 saturated heterocycles. The van der Waals surface area contributed by atoms with Crippen molar-refractivity contribution in [3.8, 4) is 11.5 Å². The number of anilines is 2. The fourth-order valence-electron chi connectivity index (χ4n) is 2.93. The van der Waals surface area contributed by atoms with Crippen LogP contribution in [0.2, 0.25) is 5.15 Å². The van der Waals surface area contributed by atoms with Gasteiger partial charge < -0.3 is 14.4 Å². The van der Waals surface area contributed by atoms with Gasteiger partial charge in [-0.05, 0) is 39.0 Å². The van der Waals surface area contributed by atoms with Crippen LogP contribution in [0.5, 0.6) is 11.5 Å². The van der Waals surface area contributed by atoms with Crippen molar-refractivity contribution >= 4 is 45.2 Å². The van der Waals surface area contributed by atoms with E-state index in [4.69, 9.17) is 25.3 Å². The minimum Gasteiger partial charge on any atom is -0.497 e. The molecule has 0 N–H and O–H groups in total. The fourth-order valence-corrected chi connectivity index (χ4v) is 3.75. The molecule has 8 heteroatoms. The zero-order chi connectivity index (χ0) is 22.6. The molecular formula is C23H29ClN3O3S+. The van der Waals surface area contributed by atoms with Gasteiger partial charge in [-0.2, -0.15) is 4.18 Å². The van der Waals surface area contributed by atoms with Crippen LogP contribution in [0.4, 0.5) is 11.4 Å². The van der Waals surface area contributed by atoms with E-state index in [1.165, 1.54) is 0 Å². The number of hydrogen-bond donors (Lipinski definition) is 0. The van der Waals surface area contributed by atoms with Gasteiger partial charge in [-0.1, -0.05) is 11.6 Å². The maximum atomic E-state index is 6.17. The average molecular weight is 463 g/mol. The Balaban J connectivity index is 1.98. The highest BCUT2D eigenvalue weighted by molar-refractivity contribution is 7.93. The highest BCUT2D eigenvalue weighted by Crippen LogP contribution is 2.34. The third-order valence-electron chi connectivity index (χ3n) is 4.89. The van der Waals surface area contributed by atoms with Crippen LogP contribution in [0, 0.1) is 0 Å². The van der Waals surface area contributed by atoms with Crippen molar-refractivity contribution in [3.63, 3.8) is 0 Å². The molecule has 1 heterocycles. The van der Waals surface area contributed by atoms with E-state index in [9.17, 15) is 0 Å². The van der Waals surface area contributed by atoms with Crippen molar-refractivity contribution in [1.29, 1.82) is 0 Å². The molecule has 3 aromatic rings. The second kappa shape index (κ2) is 9.94. The van der Waals surface area contributed by atoms with Crippen molar-refractivity contribution in [2.45, 2.75) is 25.5 Å². The summed E-state index contributed by atoms with van der Waals surface area (Å²) >= 11 is 5.90. The Morgan fingerprint density at radius 3 is 2.26 bits per heavy atom. The lowest BCUT2D eigenvalue weighted by atomic mass is 10.2. The molecule has 166 valence electrons. The standard InChI is InChI=1S/C23H29ClN3O3S/c1-23(2,3)31(6)30-10-9-27(17-11-18(28-4)14-19(12-17)29-5)16-7-8-20-21(13-16)26-22(24)15-25-20/h7-8,11-15H,9-10H2,1-6H3/q+1. The van der Waals surface area contributed by atoms with E-state index in [1.807, 2.05) is 36.4 Å². The molecule has 31 heavy (non-hydrogen) atoms. The van der Waals surface area contributed by atoms with Crippen LogP contribution in [-0.2, 0) is 15.4 Å². The van der Waals surface area contributed by atoms with Gasteiger partial charge in [0.05, 0.1) is 38.0 Å². The summed E-state index contributed by atoms with van der Waals surface area (Å²) in [5.41, 5.74) is 3.40. The number of hydrogen-bond acceptors (Lipinski definition) is 6. The molecule has 0 radical (unpaired) electrons. The smallest absolute Gasteiger partial charge is 0.152 e. The molecule has 0 aliphatic heterocycles. The summed E-state index contributed by atoms with van der Waals surface area (Å²) in [6.07, 6.45) is 3.68. The first-order valence-corrected chi connectivity index (χ1v) is 11.9. The second-order valence-electron chi connectivity index (χ2n) is 7.98. The van der Waals surface area contributed by atoms with Gasteiger partial charge >= 0.3 is 0 Å². The molecule has 1 unspecified atom stereocenters. The van der Waals surface area contributed by atoms with Crippen molar-refractivity contribution < 1.29 is 13.7 Å². The SMILES string of the molecule is COc1cc(OC)cc(N(CCO[S+](C)C(C)(C)C)c2ccc3ncc(Cl)nc3c2)c1. The highest BCUT2D eigenvalue weighted by Gasteiger charge is 2.32. The molecule has 6 nitrogen and oxygen atoms in total. The molecule has 3 rings (SSSR count). The van der Waals surface area contributed by atoms with E-state index in [-0.39, 0.29) is 15.9 Å². The summed E-state index contributed by atoms with van der Waals surface area (Å²) in [5, 5.41) is 0.364. The van der Waals surface area contributed by atoms with Gasteiger partial charge in [0.1, 0.15) is 40.7 Å². The van der Waals surface area contributed by atoms with E-state index < -0.39 is 0 Å². The molecule has 1 aromatic heterocycles. The maximum Gasteiger partial charge on any atom is 0.152 e.